The summed E-state index contributed by atoms with van der Waals surface area (Å²) in [6.07, 6.45) is 0. The van der Waals surface area contributed by atoms with Gasteiger partial charge in [-0.2, -0.15) is 0 Å². The maximum Gasteiger partial charge on any atom is 0.336 e. The van der Waals surface area contributed by atoms with Crippen LogP contribution in [0.2, 0.25) is 0 Å². The first-order valence-electron chi connectivity index (χ1n) is 6.37. The number of carboxylic acid groups (broad SMARTS) is 4. The fraction of sp³-hybridized carbons (Fsp3) is 0. The van der Waals surface area contributed by atoms with Gasteiger partial charge in [-0.15, -0.1) is 0 Å². The van der Waals surface area contributed by atoms with Crippen molar-refractivity contribution in [3.8, 4) is 0 Å². The van der Waals surface area contributed by atoms with Crippen LogP contribution >= 0.6 is 0 Å². The van der Waals surface area contributed by atoms with Gasteiger partial charge in [-0.1, -0.05) is 24.3 Å². The Balaban J connectivity index is 0.000000443. The molecule has 0 amide bonds. The summed E-state index contributed by atoms with van der Waals surface area (Å²) in [6.45, 7) is 0. The minimum atomic E-state index is -1.23. The molecule has 126 valence electrons. The van der Waals surface area contributed by atoms with E-state index in [9.17, 15) is 19.2 Å². The fourth-order valence-electron chi connectivity index (χ4n) is 1.71. The van der Waals surface area contributed by atoms with Crippen LogP contribution in [0.5, 0.6) is 0 Å². The standard InChI is InChI=1S/2C8H6O4.Cd/c2*9-7(10)5-3-1-2-4-6(5)8(11)12;/h2*1-4H,(H,9,10)(H,11,12);. The third-order valence-electron chi connectivity index (χ3n) is 2.78. The van der Waals surface area contributed by atoms with Gasteiger partial charge in [0.15, 0.2) is 0 Å². The van der Waals surface area contributed by atoms with E-state index in [1.165, 1.54) is 48.5 Å². The topological polar surface area (TPSA) is 149 Å². The molecule has 0 unspecified atom stereocenters. The number of carboxylic acids is 4. The second kappa shape index (κ2) is 10.2. The van der Waals surface area contributed by atoms with Gasteiger partial charge in [0.2, 0.25) is 0 Å². The van der Waals surface area contributed by atoms with E-state index in [0.29, 0.717) is 0 Å². The Kier molecular flexibility index (Phi) is 9.06. The summed E-state index contributed by atoms with van der Waals surface area (Å²) >= 11 is 0. The smallest absolute Gasteiger partial charge is 0.336 e. The summed E-state index contributed by atoms with van der Waals surface area (Å²) < 4.78 is 0. The third kappa shape index (κ3) is 6.33. The average Bonchev–Trinajstić information content (AvgIpc) is 2.55. The van der Waals surface area contributed by atoms with Crippen molar-refractivity contribution < 1.29 is 66.9 Å². The van der Waals surface area contributed by atoms with Crippen LogP contribution in [0.25, 0.3) is 0 Å². The molecule has 2 rings (SSSR count). The molecule has 0 saturated carbocycles. The molecule has 0 atom stereocenters. The zero-order chi connectivity index (χ0) is 18.3. The van der Waals surface area contributed by atoms with Gasteiger partial charge in [0.1, 0.15) is 0 Å². The Morgan fingerprint density at radius 3 is 0.760 bits per heavy atom. The first-order chi connectivity index (χ1) is 11.3. The van der Waals surface area contributed by atoms with Crippen LogP contribution in [0, 0.1) is 0 Å². The van der Waals surface area contributed by atoms with Crippen molar-refractivity contribution in [3.63, 3.8) is 0 Å². The fourth-order valence-corrected chi connectivity index (χ4v) is 1.71. The molecule has 0 aromatic heterocycles. The molecule has 0 bridgehead atoms. The second-order valence-corrected chi connectivity index (χ2v) is 4.31. The number of carbonyl (C=O) groups is 4. The number of rotatable bonds is 4. The van der Waals surface area contributed by atoms with Crippen molar-refractivity contribution in [1.29, 1.82) is 0 Å². The summed E-state index contributed by atoms with van der Waals surface area (Å²) in [4.78, 5) is 41.9. The molecular formula is C16H12CdO8. The van der Waals surface area contributed by atoms with Crippen LogP contribution in [0.15, 0.2) is 48.5 Å². The van der Waals surface area contributed by atoms with Gasteiger partial charge in [-0.05, 0) is 24.3 Å². The van der Waals surface area contributed by atoms with E-state index in [1.807, 2.05) is 0 Å². The molecule has 2 aromatic carbocycles. The SMILES string of the molecule is O=C(O)c1ccccc1C(=O)O.O=C(O)c1ccccc1C(=O)O.[Cd]. The molecule has 0 fully saturated rings. The largest absolute Gasteiger partial charge is 0.478 e. The van der Waals surface area contributed by atoms with E-state index in [0.717, 1.165) is 0 Å². The molecule has 0 aliphatic carbocycles. The molecule has 2 aromatic rings. The van der Waals surface area contributed by atoms with Crippen molar-refractivity contribution in [2.24, 2.45) is 0 Å². The molecule has 0 aliphatic rings. The van der Waals surface area contributed by atoms with Gasteiger partial charge in [-0.25, -0.2) is 19.2 Å². The summed E-state index contributed by atoms with van der Waals surface area (Å²) in [5, 5.41) is 34.2. The predicted octanol–water partition coefficient (Wildman–Crippen LogP) is 2.16. The van der Waals surface area contributed by atoms with Crippen LogP contribution in [-0.4, -0.2) is 44.3 Å². The van der Waals surface area contributed by atoms with Gasteiger partial charge >= 0.3 is 23.9 Å². The number of aromatic carboxylic acids is 4. The van der Waals surface area contributed by atoms with Crippen molar-refractivity contribution >= 4 is 23.9 Å². The molecular weight excluding hydrogens is 433 g/mol. The van der Waals surface area contributed by atoms with Crippen molar-refractivity contribution in [2.45, 2.75) is 0 Å². The van der Waals surface area contributed by atoms with Crippen LogP contribution in [0.3, 0.4) is 0 Å². The van der Waals surface area contributed by atoms with Crippen molar-refractivity contribution in [1.82, 2.24) is 0 Å². The maximum atomic E-state index is 10.5. The summed E-state index contributed by atoms with van der Waals surface area (Å²) in [6, 6.07) is 11.0. The molecule has 0 heterocycles. The molecule has 0 aliphatic heterocycles. The van der Waals surface area contributed by atoms with Crippen molar-refractivity contribution in [3.05, 3.63) is 70.8 Å². The van der Waals surface area contributed by atoms with E-state index in [4.69, 9.17) is 20.4 Å². The Bertz CT molecular complexity index is 667. The summed E-state index contributed by atoms with van der Waals surface area (Å²) in [5.74, 6) is -4.91. The minimum Gasteiger partial charge on any atom is -0.478 e. The normalized spacial score (nSPS) is 8.96. The molecule has 9 heteroatoms. The summed E-state index contributed by atoms with van der Waals surface area (Å²) in [5.41, 5.74) is -0.759. The van der Waals surface area contributed by atoms with Crippen LogP contribution in [0.4, 0.5) is 0 Å². The maximum absolute atomic E-state index is 10.5. The van der Waals surface area contributed by atoms with Gasteiger partial charge in [0, 0.05) is 27.3 Å². The molecule has 0 saturated heterocycles. The molecule has 4 N–H and O–H groups in total. The summed E-state index contributed by atoms with van der Waals surface area (Å²) in [7, 11) is 0. The molecule has 8 nitrogen and oxygen atoms in total. The van der Waals surface area contributed by atoms with E-state index >= 15 is 0 Å². The van der Waals surface area contributed by atoms with Crippen LogP contribution in [0.1, 0.15) is 41.4 Å². The zero-order valence-electron chi connectivity index (χ0n) is 12.7. The van der Waals surface area contributed by atoms with Gasteiger partial charge in [0.25, 0.3) is 0 Å². The van der Waals surface area contributed by atoms with Crippen molar-refractivity contribution in [2.75, 3.05) is 0 Å². The number of hydrogen-bond donors (Lipinski definition) is 4. The Hall–Kier alpha value is -2.76. The van der Waals surface area contributed by atoms with Crippen LogP contribution in [-0.2, 0) is 27.3 Å². The van der Waals surface area contributed by atoms with E-state index < -0.39 is 23.9 Å². The van der Waals surface area contributed by atoms with Gasteiger partial charge < -0.3 is 20.4 Å². The molecule has 25 heavy (non-hydrogen) atoms. The van der Waals surface area contributed by atoms with E-state index in [-0.39, 0.29) is 49.6 Å². The Morgan fingerprint density at radius 2 is 0.640 bits per heavy atom. The molecule has 0 spiro atoms. The monoisotopic (exact) mass is 446 g/mol. The third-order valence-corrected chi connectivity index (χ3v) is 2.78. The minimum absolute atomic E-state index is 0. The van der Waals surface area contributed by atoms with Crippen LogP contribution < -0.4 is 0 Å². The van der Waals surface area contributed by atoms with E-state index in [1.54, 1.807) is 0 Å². The molecule has 0 radical (unpaired) electrons. The quantitative estimate of drug-likeness (QED) is 0.524. The zero-order valence-corrected chi connectivity index (χ0v) is 16.8. The van der Waals surface area contributed by atoms with Gasteiger partial charge in [0.05, 0.1) is 22.3 Å². The van der Waals surface area contributed by atoms with Gasteiger partial charge in [-0.3, -0.25) is 0 Å². The second-order valence-electron chi connectivity index (χ2n) is 4.31. The average molecular weight is 445 g/mol. The number of benzene rings is 2. The Morgan fingerprint density at radius 1 is 0.480 bits per heavy atom. The first kappa shape index (κ1) is 22.2. The first-order valence-corrected chi connectivity index (χ1v) is 6.37. The van der Waals surface area contributed by atoms with E-state index in [2.05, 4.69) is 0 Å². The Labute approximate surface area is 161 Å². The number of hydrogen-bond acceptors (Lipinski definition) is 4. The predicted molar refractivity (Wildman–Crippen MR) is 80.7 cm³/mol.